The molecule has 1 heterocycles. The highest BCUT2D eigenvalue weighted by atomic mass is 79.9. The van der Waals surface area contributed by atoms with Crippen LogP contribution in [0.3, 0.4) is 0 Å². The van der Waals surface area contributed by atoms with Gasteiger partial charge in [-0.15, -0.1) is 0 Å². The molecule has 0 bridgehead atoms. The summed E-state index contributed by atoms with van der Waals surface area (Å²) in [5, 5.41) is 2.65. The van der Waals surface area contributed by atoms with Gasteiger partial charge in [0.15, 0.2) is 0 Å². The van der Waals surface area contributed by atoms with Crippen LogP contribution in [0, 0.1) is 5.41 Å². The normalized spacial score (nSPS) is 27.6. The lowest BCUT2D eigenvalue weighted by Crippen LogP contribution is -2.41. The van der Waals surface area contributed by atoms with Crippen LogP contribution in [-0.2, 0) is 9.59 Å². The first-order valence-electron chi connectivity index (χ1n) is 5.06. The Balaban J connectivity index is 2.66. The van der Waals surface area contributed by atoms with Gasteiger partial charge in [-0.25, -0.2) is 0 Å². The second-order valence-corrected chi connectivity index (χ2v) is 5.64. The topological polar surface area (TPSA) is 49.4 Å². The maximum absolute atomic E-state index is 11.7. The van der Waals surface area contributed by atoms with Crippen LogP contribution in [0.4, 0.5) is 0 Å². The smallest absolute Gasteiger partial charge is 0.236 e. The largest absolute Gasteiger partial charge is 0.359 e. The number of rotatable bonds is 2. The third kappa shape index (κ3) is 2.51. The van der Waals surface area contributed by atoms with Crippen molar-refractivity contribution in [2.45, 2.75) is 25.1 Å². The van der Waals surface area contributed by atoms with Crippen LogP contribution in [0.1, 0.15) is 20.3 Å². The molecular formula is C10H17BrN2O2. The number of hydrogen-bond acceptors (Lipinski definition) is 2. The number of nitrogens with one attached hydrogen (secondary N) is 1. The molecule has 86 valence electrons. The minimum Gasteiger partial charge on any atom is -0.359 e. The molecule has 2 amide bonds. The number of amides is 2. The van der Waals surface area contributed by atoms with Gasteiger partial charge >= 0.3 is 0 Å². The van der Waals surface area contributed by atoms with E-state index in [9.17, 15) is 9.59 Å². The quantitative estimate of drug-likeness (QED) is 0.757. The number of carbonyl (C=O) groups is 2. The lowest BCUT2D eigenvalue weighted by Gasteiger charge is -2.23. The van der Waals surface area contributed by atoms with E-state index in [0.717, 1.165) is 6.42 Å². The molecule has 0 aliphatic carbocycles. The van der Waals surface area contributed by atoms with Crippen molar-refractivity contribution in [2.24, 2.45) is 5.41 Å². The minimum atomic E-state index is -0.424. The molecule has 4 nitrogen and oxygen atoms in total. The Morgan fingerprint density at radius 3 is 2.60 bits per heavy atom. The Morgan fingerprint density at radius 1 is 1.53 bits per heavy atom. The molecule has 2 unspecified atom stereocenters. The molecule has 0 aromatic carbocycles. The summed E-state index contributed by atoms with van der Waals surface area (Å²) in [6.45, 7) is 4.88. The molecule has 1 aliphatic rings. The van der Waals surface area contributed by atoms with Gasteiger partial charge in [-0.2, -0.15) is 0 Å². The van der Waals surface area contributed by atoms with Crippen molar-refractivity contribution in [3.63, 3.8) is 0 Å². The lowest BCUT2D eigenvalue weighted by molar-refractivity contribution is -0.131. The Morgan fingerprint density at radius 2 is 2.13 bits per heavy atom. The zero-order valence-corrected chi connectivity index (χ0v) is 10.9. The first-order chi connectivity index (χ1) is 6.90. The highest BCUT2D eigenvalue weighted by Gasteiger charge is 2.41. The van der Waals surface area contributed by atoms with E-state index in [1.807, 2.05) is 6.92 Å². The number of carbonyl (C=O) groups excluding carboxylic acids is 2. The maximum atomic E-state index is 11.7. The highest BCUT2D eigenvalue weighted by Crippen LogP contribution is 2.30. The van der Waals surface area contributed by atoms with Crippen LogP contribution in [-0.4, -0.2) is 41.7 Å². The van der Waals surface area contributed by atoms with Crippen LogP contribution in [0.25, 0.3) is 0 Å². The second-order valence-electron chi connectivity index (χ2n) is 4.27. The fourth-order valence-corrected chi connectivity index (χ4v) is 2.18. The first-order valence-corrected chi connectivity index (χ1v) is 5.97. The Kier molecular flexibility index (Phi) is 3.76. The van der Waals surface area contributed by atoms with Crippen molar-refractivity contribution in [3.8, 4) is 0 Å². The third-order valence-corrected chi connectivity index (χ3v) is 3.29. The van der Waals surface area contributed by atoms with E-state index >= 15 is 0 Å². The molecule has 0 radical (unpaired) electrons. The van der Waals surface area contributed by atoms with Crippen LogP contribution in [0.2, 0.25) is 0 Å². The third-order valence-electron chi connectivity index (χ3n) is 2.90. The zero-order chi connectivity index (χ0) is 11.6. The summed E-state index contributed by atoms with van der Waals surface area (Å²) < 4.78 is 0. The van der Waals surface area contributed by atoms with Crippen molar-refractivity contribution < 1.29 is 9.59 Å². The molecule has 2 atom stereocenters. The van der Waals surface area contributed by atoms with Crippen molar-refractivity contribution in [1.29, 1.82) is 0 Å². The molecule has 15 heavy (non-hydrogen) atoms. The Labute approximate surface area is 98.5 Å². The SMILES string of the molecule is CNC(=O)C1(C)CCN(C(=O)C(C)Br)C1. The van der Waals surface area contributed by atoms with Crippen molar-refractivity contribution in [3.05, 3.63) is 0 Å². The van der Waals surface area contributed by atoms with Gasteiger partial charge in [0.1, 0.15) is 0 Å². The van der Waals surface area contributed by atoms with Crippen LogP contribution < -0.4 is 5.32 Å². The molecule has 0 spiro atoms. The molecule has 1 saturated heterocycles. The van der Waals surface area contributed by atoms with Crippen molar-refractivity contribution in [1.82, 2.24) is 10.2 Å². The predicted octanol–water partition coefficient (Wildman–Crippen LogP) is 0.754. The highest BCUT2D eigenvalue weighted by molar-refractivity contribution is 9.10. The number of alkyl halides is 1. The van der Waals surface area contributed by atoms with E-state index in [2.05, 4.69) is 21.2 Å². The molecule has 1 rings (SSSR count). The van der Waals surface area contributed by atoms with Gasteiger partial charge < -0.3 is 10.2 Å². The van der Waals surface area contributed by atoms with E-state index < -0.39 is 5.41 Å². The Bertz CT molecular complexity index is 281. The summed E-state index contributed by atoms with van der Waals surface area (Å²) in [4.78, 5) is 24.9. The number of nitrogens with zero attached hydrogens (tertiary/aromatic N) is 1. The van der Waals surface area contributed by atoms with Gasteiger partial charge in [0.2, 0.25) is 11.8 Å². The van der Waals surface area contributed by atoms with E-state index in [1.165, 1.54) is 0 Å². The van der Waals surface area contributed by atoms with E-state index in [1.54, 1.807) is 18.9 Å². The average Bonchev–Trinajstić information content (AvgIpc) is 2.59. The minimum absolute atomic E-state index is 0.0139. The molecule has 0 aromatic rings. The molecular weight excluding hydrogens is 260 g/mol. The summed E-state index contributed by atoms with van der Waals surface area (Å²) in [5.74, 6) is 0.0719. The second kappa shape index (κ2) is 4.51. The van der Waals surface area contributed by atoms with Gasteiger partial charge in [0.05, 0.1) is 10.2 Å². The van der Waals surface area contributed by atoms with Crippen molar-refractivity contribution >= 4 is 27.7 Å². The van der Waals surface area contributed by atoms with Gasteiger partial charge in [-0.05, 0) is 20.3 Å². The summed E-state index contributed by atoms with van der Waals surface area (Å²) in [6, 6.07) is 0. The standard InChI is InChI=1S/C10H17BrN2O2/c1-7(11)8(14)13-5-4-10(2,6-13)9(15)12-3/h7H,4-6H2,1-3H3,(H,12,15). The summed E-state index contributed by atoms with van der Waals surface area (Å²) in [6.07, 6.45) is 0.734. The number of halogens is 1. The molecule has 0 aromatic heterocycles. The molecule has 0 saturated carbocycles. The molecule has 1 aliphatic heterocycles. The number of likely N-dealkylation sites (tertiary alicyclic amines) is 1. The molecule has 1 N–H and O–H groups in total. The van der Waals surface area contributed by atoms with Crippen LogP contribution in [0.5, 0.6) is 0 Å². The van der Waals surface area contributed by atoms with E-state index in [0.29, 0.717) is 13.1 Å². The summed E-state index contributed by atoms with van der Waals surface area (Å²) >= 11 is 3.25. The number of hydrogen-bond donors (Lipinski definition) is 1. The lowest BCUT2D eigenvalue weighted by atomic mass is 9.89. The summed E-state index contributed by atoms with van der Waals surface area (Å²) in [7, 11) is 1.63. The fraction of sp³-hybridized carbons (Fsp3) is 0.800. The van der Waals surface area contributed by atoms with Crippen LogP contribution >= 0.6 is 15.9 Å². The first kappa shape index (κ1) is 12.5. The fourth-order valence-electron chi connectivity index (χ4n) is 1.89. The maximum Gasteiger partial charge on any atom is 0.236 e. The van der Waals surface area contributed by atoms with Gasteiger partial charge in [0, 0.05) is 20.1 Å². The zero-order valence-electron chi connectivity index (χ0n) is 9.34. The Hall–Kier alpha value is -0.580. The summed E-state index contributed by atoms with van der Waals surface area (Å²) in [5.41, 5.74) is -0.424. The molecule has 5 heteroatoms. The monoisotopic (exact) mass is 276 g/mol. The van der Waals surface area contributed by atoms with E-state index in [-0.39, 0.29) is 16.6 Å². The van der Waals surface area contributed by atoms with E-state index in [4.69, 9.17) is 0 Å². The van der Waals surface area contributed by atoms with Crippen LogP contribution in [0.15, 0.2) is 0 Å². The van der Waals surface area contributed by atoms with Gasteiger partial charge in [-0.3, -0.25) is 9.59 Å². The van der Waals surface area contributed by atoms with Crippen molar-refractivity contribution in [2.75, 3.05) is 20.1 Å². The average molecular weight is 277 g/mol. The van der Waals surface area contributed by atoms with Gasteiger partial charge in [-0.1, -0.05) is 15.9 Å². The van der Waals surface area contributed by atoms with Gasteiger partial charge in [0.25, 0.3) is 0 Å². The molecule has 1 fully saturated rings. The predicted molar refractivity (Wildman–Crippen MR) is 61.8 cm³/mol.